The molecule has 0 saturated carbocycles. The summed E-state index contributed by atoms with van der Waals surface area (Å²) in [5, 5.41) is 0.764. The number of ether oxygens (including phenoxy) is 1. The molecule has 4 rings (SSSR count). The van der Waals surface area contributed by atoms with Crippen molar-refractivity contribution >= 4 is 22.6 Å². The van der Waals surface area contributed by atoms with E-state index in [9.17, 15) is 0 Å². The number of aromatic nitrogens is 2. The number of halogens is 1. The summed E-state index contributed by atoms with van der Waals surface area (Å²) < 4.78 is 8.23. The summed E-state index contributed by atoms with van der Waals surface area (Å²) in [4.78, 5) is 4.91. The van der Waals surface area contributed by atoms with Crippen molar-refractivity contribution in [2.75, 3.05) is 6.61 Å². The number of benzene rings is 3. The molecule has 0 bridgehead atoms. The van der Waals surface area contributed by atoms with Gasteiger partial charge in [-0.05, 0) is 61.7 Å². The van der Waals surface area contributed by atoms with Gasteiger partial charge in [0.25, 0.3) is 0 Å². The van der Waals surface area contributed by atoms with Crippen LogP contribution in [0.4, 0.5) is 0 Å². The Morgan fingerprint density at radius 3 is 2.54 bits per heavy atom. The van der Waals surface area contributed by atoms with Crippen molar-refractivity contribution in [2.24, 2.45) is 0 Å². The summed E-state index contributed by atoms with van der Waals surface area (Å²) in [7, 11) is 0. The first kappa shape index (κ1) is 18.6. The number of nitrogens with zero attached hydrogens (tertiary/aromatic N) is 2. The minimum absolute atomic E-state index is 0.640. The van der Waals surface area contributed by atoms with Crippen LogP contribution in [0.3, 0.4) is 0 Å². The fourth-order valence-corrected chi connectivity index (χ4v) is 3.57. The van der Waals surface area contributed by atoms with E-state index in [2.05, 4.69) is 54.0 Å². The highest BCUT2D eigenvalue weighted by atomic mass is 35.5. The molecule has 3 aromatic carbocycles. The first-order chi connectivity index (χ1) is 13.6. The van der Waals surface area contributed by atoms with Crippen LogP contribution in [0.2, 0.25) is 5.02 Å². The lowest BCUT2D eigenvalue weighted by Crippen LogP contribution is -2.06. The van der Waals surface area contributed by atoms with Crippen LogP contribution >= 0.6 is 11.6 Å². The lowest BCUT2D eigenvalue weighted by atomic mass is 10.1. The van der Waals surface area contributed by atoms with Crippen LogP contribution in [0.25, 0.3) is 22.4 Å². The average molecular weight is 391 g/mol. The summed E-state index contributed by atoms with van der Waals surface area (Å²) in [6, 6.07) is 22.5. The minimum Gasteiger partial charge on any atom is -0.494 e. The van der Waals surface area contributed by atoms with Crippen molar-refractivity contribution < 1.29 is 4.74 Å². The lowest BCUT2D eigenvalue weighted by molar-refractivity contribution is 0.302. The summed E-state index contributed by atoms with van der Waals surface area (Å²) >= 11 is 6.09. The molecule has 0 saturated heterocycles. The fraction of sp³-hybridized carbons (Fsp3) is 0.208. The third kappa shape index (κ3) is 3.76. The van der Waals surface area contributed by atoms with Crippen molar-refractivity contribution in [1.29, 1.82) is 0 Å². The molecule has 1 aromatic heterocycles. The Balaban J connectivity index is 1.55. The highest BCUT2D eigenvalue weighted by molar-refractivity contribution is 6.31. The second-order valence-electron chi connectivity index (χ2n) is 7.00. The van der Waals surface area contributed by atoms with Crippen LogP contribution in [-0.4, -0.2) is 16.2 Å². The standard InChI is InChI=1S/C24H23ClN2O/c1-17-8-3-4-9-20(17)24-26-22-10-5-6-11-23(22)27(24)14-7-15-28-19-12-13-21(25)18(2)16-19/h3-6,8-13,16H,7,14-15H2,1-2H3. The van der Waals surface area contributed by atoms with Crippen molar-refractivity contribution in [3.8, 4) is 17.1 Å². The summed E-state index contributed by atoms with van der Waals surface area (Å²) in [6.45, 7) is 5.60. The van der Waals surface area contributed by atoms with Gasteiger partial charge >= 0.3 is 0 Å². The Kier molecular flexibility index (Phi) is 5.36. The van der Waals surface area contributed by atoms with Crippen LogP contribution in [0, 0.1) is 13.8 Å². The lowest BCUT2D eigenvalue weighted by Gasteiger charge is -2.12. The highest BCUT2D eigenvalue weighted by Crippen LogP contribution is 2.27. The molecule has 0 aliphatic rings. The minimum atomic E-state index is 0.640. The van der Waals surface area contributed by atoms with Gasteiger partial charge in [-0.1, -0.05) is 48.0 Å². The smallest absolute Gasteiger partial charge is 0.141 e. The number of hydrogen-bond acceptors (Lipinski definition) is 2. The third-order valence-corrected chi connectivity index (χ3v) is 5.39. The number of fused-ring (bicyclic) bond motifs is 1. The predicted octanol–water partition coefficient (Wildman–Crippen LogP) is 6.44. The maximum absolute atomic E-state index is 6.09. The van der Waals surface area contributed by atoms with Crippen LogP contribution in [0.5, 0.6) is 5.75 Å². The molecule has 142 valence electrons. The third-order valence-electron chi connectivity index (χ3n) is 4.96. The molecule has 0 spiro atoms. The quantitative estimate of drug-likeness (QED) is 0.354. The summed E-state index contributed by atoms with van der Waals surface area (Å²) in [5.74, 6) is 1.87. The number of aryl methyl sites for hydroxylation is 3. The van der Waals surface area contributed by atoms with E-state index in [0.717, 1.165) is 46.2 Å². The van der Waals surface area contributed by atoms with E-state index in [1.165, 1.54) is 11.1 Å². The zero-order valence-electron chi connectivity index (χ0n) is 16.2. The first-order valence-corrected chi connectivity index (χ1v) is 9.91. The van der Waals surface area contributed by atoms with E-state index in [1.807, 2.05) is 31.2 Å². The Morgan fingerprint density at radius 1 is 0.929 bits per heavy atom. The molecule has 0 unspecified atom stereocenters. The normalized spacial score (nSPS) is 11.1. The van der Waals surface area contributed by atoms with E-state index in [-0.39, 0.29) is 0 Å². The van der Waals surface area contributed by atoms with Crippen molar-refractivity contribution in [2.45, 2.75) is 26.8 Å². The van der Waals surface area contributed by atoms with E-state index in [1.54, 1.807) is 0 Å². The zero-order chi connectivity index (χ0) is 19.5. The predicted molar refractivity (Wildman–Crippen MR) is 116 cm³/mol. The van der Waals surface area contributed by atoms with Crippen LogP contribution in [-0.2, 0) is 6.54 Å². The molecule has 0 radical (unpaired) electrons. The number of imidazole rings is 1. The Bertz CT molecular complexity index is 1120. The Labute approximate surface area is 170 Å². The van der Waals surface area contributed by atoms with Crippen molar-refractivity contribution in [1.82, 2.24) is 9.55 Å². The molecule has 4 aromatic rings. The Morgan fingerprint density at radius 2 is 1.71 bits per heavy atom. The van der Waals surface area contributed by atoms with Gasteiger partial charge in [0.05, 0.1) is 17.6 Å². The molecule has 3 nitrogen and oxygen atoms in total. The maximum Gasteiger partial charge on any atom is 0.141 e. The zero-order valence-corrected chi connectivity index (χ0v) is 16.9. The van der Waals surface area contributed by atoms with E-state index >= 15 is 0 Å². The summed E-state index contributed by atoms with van der Waals surface area (Å²) in [5.41, 5.74) is 5.61. The van der Waals surface area contributed by atoms with Gasteiger partial charge in [-0.2, -0.15) is 0 Å². The molecule has 1 heterocycles. The van der Waals surface area contributed by atoms with Crippen LogP contribution in [0.15, 0.2) is 66.7 Å². The van der Waals surface area contributed by atoms with Gasteiger partial charge in [0.1, 0.15) is 11.6 Å². The molecular weight excluding hydrogens is 368 g/mol. The first-order valence-electron chi connectivity index (χ1n) is 9.54. The number of para-hydroxylation sites is 2. The van der Waals surface area contributed by atoms with E-state index in [4.69, 9.17) is 21.3 Å². The molecule has 0 atom stereocenters. The SMILES string of the molecule is Cc1cc(OCCCn2c(-c3ccccc3C)nc3ccccc32)ccc1Cl. The maximum atomic E-state index is 6.09. The monoisotopic (exact) mass is 390 g/mol. The fourth-order valence-electron chi connectivity index (χ4n) is 3.45. The second-order valence-corrected chi connectivity index (χ2v) is 7.41. The van der Waals surface area contributed by atoms with E-state index in [0.29, 0.717) is 6.61 Å². The average Bonchev–Trinajstić information content (AvgIpc) is 3.07. The summed E-state index contributed by atoms with van der Waals surface area (Å²) in [6.07, 6.45) is 0.890. The molecule has 0 aliphatic heterocycles. The molecule has 4 heteroatoms. The largest absolute Gasteiger partial charge is 0.494 e. The van der Waals surface area contributed by atoms with Crippen LogP contribution in [0.1, 0.15) is 17.5 Å². The van der Waals surface area contributed by atoms with Crippen LogP contribution < -0.4 is 4.74 Å². The van der Waals surface area contributed by atoms with E-state index < -0.39 is 0 Å². The molecule has 28 heavy (non-hydrogen) atoms. The van der Waals surface area contributed by atoms with Crippen molar-refractivity contribution in [3.05, 3.63) is 82.9 Å². The molecule has 0 fully saturated rings. The second kappa shape index (κ2) is 8.07. The van der Waals surface area contributed by atoms with Gasteiger partial charge in [0.2, 0.25) is 0 Å². The number of rotatable bonds is 6. The van der Waals surface area contributed by atoms with Gasteiger partial charge in [-0.25, -0.2) is 4.98 Å². The molecule has 0 aliphatic carbocycles. The molecule has 0 amide bonds. The van der Waals surface area contributed by atoms with Gasteiger partial charge in [-0.15, -0.1) is 0 Å². The van der Waals surface area contributed by atoms with Gasteiger partial charge in [0, 0.05) is 17.1 Å². The molecule has 0 N–H and O–H groups in total. The highest BCUT2D eigenvalue weighted by Gasteiger charge is 2.13. The topological polar surface area (TPSA) is 27.1 Å². The van der Waals surface area contributed by atoms with Gasteiger partial charge < -0.3 is 9.30 Å². The molecular formula is C24H23ClN2O. The van der Waals surface area contributed by atoms with Gasteiger partial charge in [-0.3, -0.25) is 0 Å². The number of hydrogen-bond donors (Lipinski definition) is 0. The van der Waals surface area contributed by atoms with Crippen molar-refractivity contribution in [3.63, 3.8) is 0 Å². The Hall–Kier alpha value is -2.78. The van der Waals surface area contributed by atoms with Gasteiger partial charge in [0.15, 0.2) is 0 Å².